The highest BCUT2D eigenvalue weighted by Crippen LogP contribution is 2.60. The third-order valence-electron chi connectivity index (χ3n) is 9.57. The number of hydrogen-bond donors (Lipinski definition) is 0. The molecule has 0 heterocycles. The molecule has 0 aromatic rings. The van der Waals surface area contributed by atoms with Crippen molar-refractivity contribution in [1.29, 1.82) is 0 Å². The third kappa shape index (κ3) is 4.46. The normalized spacial score (nSPS) is 40.8. The van der Waals surface area contributed by atoms with Crippen molar-refractivity contribution in [3.8, 4) is 0 Å². The van der Waals surface area contributed by atoms with E-state index in [1.165, 1.54) is 77.0 Å². The van der Waals surface area contributed by atoms with Gasteiger partial charge in [-0.25, -0.2) is 0 Å². The van der Waals surface area contributed by atoms with Crippen molar-refractivity contribution in [1.82, 2.24) is 0 Å². The van der Waals surface area contributed by atoms with E-state index in [4.69, 9.17) is 0 Å². The van der Waals surface area contributed by atoms with Crippen molar-refractivity contribution in [2.24, 2.45) is 34.5 Å². The lowest BCUT2D eigenvalue weighted by Gasteiger charge is -2.55. The van der Waals surface area contributed by atoms with Crippen LogP contribution >= 0.6 is 0 Å². The topological polar surface area (TPSA) is 0 Å². The van der Waals surface area contributed by atoms with Crippen LogP contribution in [0.2, 0.25) is 0 Å². The number of fused-ring (bicyclic) bond motifs is 3. The van der Waals surface area contributed by atoms with Crippen LogP contribution in [0.25, 0.3) is 0 Å². The standard InChI is InChI=1S/C28H48/c1-7-9-11-22-16-19-28(6)24(20-22)15-14-23-12-10-13-25(21(3)8-2)27(4,5)18-17-26(23)28/h8,11,23-26H,7,9-10,12-20H2,1-6H3/b21-8+,22-11+/t23?,24-,25?,26-,28?/m0/s1. The molecule has 3 rings (SSSR count). The first-order valence-electron chi connectivity index (χ1n) is 12.6. The Morgan fingerprint density at radius 3 is 2.54 bits per heavy atom. The molecule has 160 valence electrons. The summed E-state index contributed by atoms with van der Waals surface area (Å²) in [4.78, 5) is 0. The lowest BCUT2D eigenvalue weighted by molar-refractivity contribution is -0.0340. The maximum absolute atomic E-state index is 2.71. The molecule has 28 heavy (non-hydrogen) atoms. The van der Waals surface area contributed by atoms with Crippen LogP contribution in [0.15, 0.2) is 23.3 Å². The molecule has 0 aliphatic heterocycles. The molecule has 0 spiro atoms. The van der Waals surface area contributed by atoms with Crippen molar-refractivity contribution >= 4 is 0 Å². The number of allylic oxidation sites excluding steroid dienone is 4. The average Bonchev–Trinajstić information content (AvgIpc) is 2.73. The van der Waals surface area contributed by atoms with Gasteiger partial charge in [0.25, 0.3) is 0 Å². The zero-order chi connectivity index (χ0) is 20.4. The molecule has 0 radical (unpaired) electrons. The molecule has 0 saturated heterocycles. The highest BCUT2D eigenvalue weighted by Gasteiger charge is 2.50. The predicted octanol–water partition coefficient (Wildman–Crippen LogP) is 9.12. The zero-order valence-electron chi connectivity index (χ0n) is 19.9. The Balaban J connectivity index is 1.79. The Bertz CT molecular complexity index is 577. The molecule has 3 aliphatic rings. The molecule has 3 unspecified atom stereocenters. The molecule has 0 N–H and O–H groups in total. The van der Waals surface area contributed by atoms with E-state index >= 15 is 0 Å². The molecule has 0 nitrogen and oxygen atoms in total. The molecule has 3 fully saturated rings. The van der Waals surface area contributed by atoms with Crippen LogP contribution in [0, 0.1) is 34.5 Å². The quantitative estimate of drug-likeness (QED) is 0.425. The summed E-state index contributed by atoms with van der Waals surface area (Å²) >= 11 is 0. The fourth-order valence-electron chi connectivity index (χ4n) is 7.53. The molecular weight excluding hydrogens is 336 g/mol. The van der Waals surface area contributed by atoms with Gasteiger partial charge in [-0.1, -0.05) is 70.3 Å². The van der Waals surface area contributed by atoms with Crippen molar-refractivity contribution in [2.75, 3.05) is 0 Å². The first-order chi connectivity index (χ1) is 13.3. The maximum Gasteiger partial charge on any atom is -0.0155 e. The summed E-state index contributed by atoms with van der Waals surface area (Å²) in [5, 5.41) is 0. The van der Waals surface area contributed by atoms with Crippen molar-refractivity contribution in [2.45, 2.75) is 119 Å². The van der Waals surface area contributed by atoms with Crippen LogP contribution in [0.5, 0.6) is 0 Å². The van der Waals surface area contributed by atoms with Gasteiger partial charge in [-0.3, -0.25) is 0 Å². The summed E-state index contributed by atoms with van der Waals surface area (Å²) in [5.41, 5.74) is 4.51. The Morgan fingerprint density at radius 2 is 1.82 bits per heavy atom. The zero-order valence-corrected chi connectivity index (χ0v) is 19.9. The summed E-state index contributed by atoms with van der Waals surface area (Å²) in [5.74, 6) is 3.73. The van der Waals surface area contributed by atoms with Gasteiger partial charge in [0.1, 0.15) is 0 Å². The lowest BCUT2D eigenvalue weighted by Crippen LogP contribution is -2.46. The van der Waals surface area contributed by atoms with Gasteiger partial charge in [0, 0.05) is 0 Å². The first kappa shape index (κ1) is 22.2. The van der Waals surface area contributed by atoms with E-state index in [2.05, 4.69) is 53.7 Å². The van der Waals surface area contributed by atoms with Crippen LogP contribution in [-0.2, 0) is 0 Å². The molecule has 0 aromatic heterocycles. The predicted molar refractivity (Wildman–Crippen MR) is 124 cm³/mol. The Morgan fingerprint density at radius 1 is 1.04 bits per heavy atom. The lowest BCUT2D eigenvalue weighted by atomic mass is 9.50. The van der Waals surface area contributed by atoms with Crippen LogP contribution in [0.3, 0.4) is 0 Å². The Kier molecular flexibility index (Phi) is 7.20. The summed E-state index contributed by atoms with van der Waals surface area (Å²) in [6.45, 7) is 14.8. The highest BCUT2D eigenvalue weighted by molar-refractivity contribution is 5.13. The minimum Gasteiger partial charge on any atom is -0.0884 e. The molecule has 0 heteroatoms. The van der Waals surface area contributed by atoms with E-state index in [0.29, 0.717) is 10.8 Å². The second-order valence-corrected chi connectivity index (χ2v) is 11.5. The van der Waals surface area contributed by atoms with E-state index in [9.17, 15) is 0 Å². The van der Waals surface area contributed by atoms with Gasteiger partial charge in [0.05, 0.1) is 0 Å². The molecule has 0 amide bonds. The number of hydrogen-bond acceptors (Lipinski definition) is 0. The van der Waals surface area contributed by atoms with Gasteiger partial charge in [-0.2, -0.15) is 0 Å². The first-order valence-corrected chi connectivity index (χ1v) is 12.6. The molecule has 0 aromatic carbocycles. The number of unbranched alkanes of at least 4 members (excludes halogenated alkanes) is 1. The van der Waals surface area contributed by atoms with Crippen LogP contribution in [0.4, 0.5) is 0 Å². The molecule has 3 aliphatic carbocycles. The largest absolute Gasteiger partial charge is 0.0884 e. The SMILES string of the molecule is C/C=C(\C)C1CCCC2CC[C@H]3C/C(=C/CCC)CCC3(C)[C@H]2CCC1(C)C. The maximum atomic E-state index is 2.71. The molecule has 3 saturated carbocycles. The van der Waals surface area contributed by atoms with E-state index < -0.39 is 0 Å². The second kappa shape index (κ2) is 9.09. The van der Waals surface area contributed by atoms with Crippen molar-refractivity contribution < 1.29 is 0 Å². The van der Waals surface area contributed by atoms with E-state index in [0.717, 1.165) is 23.7 Å². The molecular formula is C28H48. The second-order valence-electron chi connectivity index (χ2n) is 11.5. The Hall–Kier alpha value is -0.520. The van der Waals surface area contributed by atoms with E-state index in [1.54, 1.807) is 11.1 Å². The highest BCUT2D eigenvalue weighted by atomic mass is 14.5. The van der Waals surface area contributed by atoms with E-state index in [1.807, 2.05) is 0 Å². The molecule has 5 atom stereocenters. The number of rotatable bonds is 3. The monoisotopic (exact) mass is 384 g/mol. The van der Waals surface area contributed by atoms with Crippen LogP contribution in [-0.4, -0.2) is 0 Å². The summed E-state index contributed by atoms with van der Waals surface area (Å²) in [7, 11) is 0. The molecule has 0 bridgehead atoms. The average molecular weight is 385 g/mol. The summed E-state index contributed by atoms with van der Waals surface area (Å²) in [6.07, 6.45) is 22.1. The Labute approximate surface area is 176 Å². The van der Waals surface area contributed by atoms with E-state index in [-0.39, 0.29) is 0 Å². The van der Waals surface area contributed by atoms with Gasteiger partial charge in [-0.15, -0.1) is 0 Å². The van der Waals surface area contributed by atoms with Gasteiger partial charge in [-0.05, 0) is 106 Å². The van der Waals surface area contributed by atoms with Gasteiger partial charge in [0.15, 0.2) is 0 Å². The third-order valence-corrected chi connectivity index (χ3v) is 9.57. The fraction of sp³-hybridized carbons (Fsp3) is 0.857. The van der Waals surface area contributed by atoms with Crippen molar-refractivity contribution in [3.05, 3.63) is 23.3 Å². The summed E-state index contributed by atoms with van der Waals surface area (Å²) < 4.78 is 0. The minimum atomic E-state index is 0.454. The fourth-order valence-corrected chi connectivity index (χ4v) is 7.53. The van der Waals surface area contributed by atoms with Gasteiger partial charge in [0.2, 0.25) is 0 Å². The van der Waals surface area contributed by atoms with Crippen molar-refractivity contribution in [3.63, 3.8) is 0 Å². The van der Waals surface area contributed by atoms with Crippen LogP contribution in [0.1, 0.15) is 119 Å². The van der Waals surface area contributed by atoms with Crippen LogP contribution < -0.4 is 0 Å². The summed E-state index contributed by atoms with van der Waals surface area (Å²) in [6, 6.07) is 0. The smallest absolute Gasteiger partial charge is 0.0155 e. The van der Waals surface area contributed by atoms with Gasteiger partial charge < -0.3 is 0 Å². The minimum absolute atomic E-state index is 0.454. The van der Waals surface area contributed by atoms with Gasteiger partial charge >= 0.3 is 0 Å².